The fourth-order valence-corrected chi connectivity index (χ4v) is 4.63. The third kappa shape index (κ3) is 2.73. The summed E-state index contributed by atoms with van der Waals surface area (Å²) in [6.07, 6.45) is 8.22. The van der Waals surface area contributed by atoms with Gasteiger partial charge >= 0.3 is 5.97 Å². The zero-order valence-corrected chi connectivity index (χ0v) is 12.6. The Kier molecular flexibility index (Phi) is 4.32. The van der Waals surface area contributed by atoms with Crippen LogP contribution < -0.4 is 0 Å². The fourth-order valence-electron chi connectivity index (χ4n) is 4.63. The molecule has 4 nitrogen and oxygen atoms in total. The molecule has 4 atom stereocenters. The summed E-state index contributed by atoms with van der Waals surface area (Å²) in [7, 11) is 0. The first-order valence-corrected chi connectivity index (χ1v) is 8.39. The molecule has 3 fully saturated rings. The van der Waals surface area contributed by atoms with Crippen LogP contribution in [0.1, 0.15) is 51.9 Å². The molecule has 114 valence electrons. The van der Waals surface area contributed by atoms with E-state index in [1.165, 1.54) is 32.2 Å². The number of aliphatic carboxylic acids is 1. The molecule has 3 rings (SSSR count). The number of carbonyl (C=O) groups is 1. The van der Waals surface area contributed by atoms with E-state index in [4.69, 9.17) is 0 Å². The maximum Gasteiger partial charge on any atom is 0.308 e. The van der Waals surface area contributed by atoms with E-state index < -0.39 is 5.97 Å². The summed E-state index contributed by atoms with van der Waals surface area (Å²) in [4.78, 5) is 16.7. The third-order valence-electron chi connectivity index (χ3n) is 5.71. The monoisotopic (exact) mass is 280 g/mol. The molecule has 20 heavy (non-hydrogen) atoms. The van der Waals surface area contributed by atoms with Crippen LogP contribution in [0.4, 0.5) is 0 Å². The van der Waals surface area contributed by atoms with Crippen LogP contribution in [0, 0.1) is 5.92 Å². The Morgan fingerprint density at radius 1 is 1.05 bits per heavy atom. The molecule has 0 radical (unpaired) electrons. The molecule has 0 amide bonds. The summed E-state index contributed by atoms with van der Waals surface area (Å²) < 4.78 is 0. The maximum atomic E-state index is 11.6. The van der Waals surface area contributed by atoms with Gasteiger partial charge in [-0.3, -0.25) is 14.6 Å². The highest BCUT2D eigenvalue weighted by atomic mass is 16.4. The van der Waals surface area contributed by atoms with Crippen molar-refractivity contribution < 1.29 is 9.90 Å². The first-order valence-electron chi connectivity index (χ1n) is 8.39. The Labute approximate surface area is 122 Å². The normalized spacial score (nSPS) is 40.2. The van der Waals surface area contributed by atoms with Crippen LogP contribution in [0.2, 0.25) is 0 Å². The van der Waals surface area contributed by atoms with Crippen molar-refractivity contribution in [2.45, 2.75) is 70.0 Å². The number of carboxylic acids is 1. The molecule has 0 aromatic carbocycles. The molecule has 2 heterocycles. The second-order valence-corrected chi connectivity index (χ2v) is 6.99. The summed E-state index contributed by atoms with van der Waals surface area (Å²) in [5.74, 6) is -0.714. The maximum absolute atomic E-state index is 11.6. The summed E-state index contributed by atoms with van der Waals surface area (Å²) in [6, 6.07) is 1.46. The number of piperidine rings is 1. The van der Waals surface area contributed by atoms with Crippen LogP contribution in [0.15, 0.2) is 0 Å². The topological polar surface area (TPSA) is 43.8 Å². The molecule has 0 spiro atoms. The van der Waals surface area contributed by atoms with E-state index in [0.717, 1.165) is 32.4 Å². The smallest absolute Gasteiger partial charge is 0.308 e. The Bertz CT molecular complexity index is 360. The molecule has 4 heteroatoms. The van der Waals surface area contributed by atoms with Crippen molar-refractivity contribution in [1.82, 2.24) is 9.80 Å². The van der Waals surface area contributed by atoms with Crippen molar-refractivity contribution >= 4 is 5.97 Å². The van der Waals surface area contributed by atoms with E-state index in [1.54, 1.807) is 0 Å². The SMILES string of the molecule is CC1CN2CCCCC2CN1C1CCCCC1C(=O)O. The number of rotatable bonds is 2. The summed E-state index contributed by atoms with van der Waals surface area (Å²) in [5, 5.41) is 9.52. The first-order chi connectivity index (χ1) is 9.66. The van der Waals surface area contributed by atoms with Crippen molar-refractivity contribution in [2.75, 3.05) is 19.6 Å². The summed E-state index contributed by atoms with van der Waals surface area (Å²) in [6.45, 7) is 5.76. The lowest BCUT2D eigenvalue weighted by Gasteiger charge is -2.51. The lowest BCUT2D eigenvalue weighted by molar-refractivity contribution is -0.147. The second-order valence-electron chi connectivity index (χ2n) is 6.99. The van der Waals surface area contributed by atoms with Crippen molar-refractivity contribution in [1.29, 1.82) is 0 Å². The molecule has 4 unspecified atom stereocenters. The van der Waals surface area contributed by atoms with Gasteiger partial charge in [0.2, 0.25) is 0 Å². The van der Waals surface area contributed by atoms with Crippen LogP contribution in [0.3, 0.4) is 0 Å². The average molecular weight is 280 g/mol. The molecule has 1 saturated carbocycles. The van der Waals surface area contributed by atoms with Gasteiger partial charge in [0, 0.05) is 31.2 Å². The minimum atomic E-state index is -0.576. The Morgan fingerprint density at radius 2 is 1.80 bits per heavy atom. The van der Waals surface area contributed by atoms with Gasteiger partial charge in [-0.2, -0.15) is 0 Å². The number of piperazine rings is 1. The lowest BCUT2D eigenvalue weighted by atomic mass is 9.81. The quantitative estimate of drug-likeness (QED) is 0.842. The molecule has 2 saturated heterocycles. The second kappa shape index (κ2) is 6.02. The minimum Gasteiger partial charge on any atom is -0.481 e. The fraction of sp³-hybridized carbons (Fsp3) is 0.938. The summed E-state index contributed by atoms with van der Waals surface area (Å²) >= 11 is 0. The third-order valence-corrected chi connectivity index (χ3v) is 5.71. The highest BCUT2D eigenvalue weighted by molar-refractivity contribution is 5.71. The van der Waals surface area contributed by atoms with Gasteiger partial charge in [-0.25, -0.2) is 0 Å². The van der Waals surface area contributed by atoms with E-state index in [9.17, 15) is 9.90 Å². The van der Waals surface area contributed by atoms with E-state index in [1.807, 2.05) is 0 Å². The predicted molar refractivity (Wildman–Crippen MR) is 78.8 cm³/mol. The number of fused-ring (bicyclic) bond motifs is 1. The van der Waals surface area contributed by atoms with Crippen molar-refractivity contribution in [2.24, 2.45) is 5.92 Å². The van der Waals surface area contributed by atoms with Gasteiger partial charge in [0.25, 0.3) is 0 Å². The molecule has 1 aliphatic carbocycles. The first kappa shape index (κ1) is 14.3. The van der Waals surface area contributed by atoms with Gasteiger partial charge in [-0.1, -0.05) is 19.3 Å². The number of hydrogen-bond acceptors (Lipinski definition) is 3. The lowest BCUT2D eigenvalue weighted by Crippen LogP contribution is -2.63. The molecule has 0 bridgehead atoms. The van der Waals surface area contributed by atoms with Crippen molar-refractivity contribution in [3.05, 3.63) is 0 Å². The highest BCUT2D eigenvalue weighted by Crippen LogP contribution is 2.33. The minimum absolute atomic E-state index is 0.138. The number of nitrogens with zero attached hydrogens (tertiary/aromatic N) is 2. The molecular weight excluding hydrogens is 252 g/mol. The van der Waals surface area contributed by atoms with Crippen LogP contribution in [0.25, 0.3) is 0 Å². The van der Waals surface area contributed by atoms with E-state index in [0.29, 0.717) is 12.1 Å². The van der Waals surface area contributed by atoms with Crippen molar-refractivity contribution in [3.63, 3.8) is 0 Å². The molecule has 3 aliphatic rings. The molecule has 0 aromatic heterocycles. The van der Waals surface area contributed by atoms with E-state index in [2.05, 4.69) is 16.7 Å². The van der Waals surface area contributed by atoms with Gasteiger partial charge in [-0.15, -0.1) is 0 Å². The Balaban J connectivity index is 1.72. The predicted octanol–water partition coefficient (Wildman–Crippen LogP) is 2.19. The van der Waals surface area contributed by atoms with E-state index in [-0.39, 0.29) is 12.0 Å². The van der Waals surface area contributed by atoms with Gasteiger partial charge in [0.15, 0.2) is 0 Å². The van der Waals surface area contributed by atoms with Crippen LogP contribution in [0.5, 0.6) is 0 Å². The van der Waals surface area contributed by atoms with Crippen LogP contribution in [-0.4, -0.2) is 58.6 Å². The Morgan fingerprint density at radius 3 is 2.60 bits per heavy atom. The molecule has 1 N–H and O–H groups in total. The summed E-state index contributed by atoms with van der Waals surface area (Å²) in [5.41, 5.74) is 0. The van der Waals surface area contributed by atoms with E-state index >= 15 is 0 Å². The molecular formula is C16H28N2O2. The van der Waals surface area contributed by atoms with Gasteiger partial charge in [0.1, 0.15) is 0 Å². The largest absolute Gasteiger partial charge is 0.481 e. The molecule has 2 aliphatic heterocycles. The standard InChI is InChI=1S/C16H28N2O2/c1-12-10-17-9-5-4-6-13(17)11-18(12)15-8-3-2-7-14(15)16(19)20/h12-15H,2-11H2,1H3,(H,19,20). The van der Waals surface area contributed by atoms with Gasteiger partial charge in [0.05, 0.1) is 5.92 Å². The molecule has 0 aromatic rings. The Hall–Kier alpha value is -0.610. The average Bonchev–Trinajstić information content (AvgIpc) is 2.46. The van der Waals surface area contributed by atoms with Crippen molar-refractivity contribution in [3.8, 4) is 0 Å². The zero-order chi connectivity index (χ0) is 14.1. The van der Waals surface area contributed by atoms with Gasteiger partial charge < -0.3 is 5.11 Å². The van der Waals surface area contributed by atoms with Crippen LogP contribution in [-0.2, 0) is 4.79 Å². The number of hydrogen-bond donors (Lipinski definition) is 1. The van der Waals surface area contributed by atoms with Crippen LogP contribution >= 0.6 is 0 Å². The highest BCUT2D eigenvalue weighted by Gasteiger charge is 2.41. The zero-order valence-electron chi connectivity index (χ0n) is 12.6. The number of carboxylic acid groups (broad SMARTS) is 1. The van der Waals surface area contributed by atoms with Gasteiger partial charge in [-0.05, 0) is 39.2 Å².